The Morgan fingerprint density at radius 3 is 2.72 bits per heavy atom. The third-order valence-corrected chi connectivity index (χ3v) is 3.78. The Labute approximate surface area is 147 Å². The van der Waals surface area contributed by atoms with Crippen LogP contribution in [0, 0.1) is 0 Å². The summed E-state index contributed by atoms with van der Waals surface area (Å²) < 4.78 is 1.58. The first kappa shape index (κ1) is 15.2. The first-order valence-electron chi connectivity index (χ1n) is 7.38. The number of benzene rings is 1. The highest BCUT2D eigenvalue weighted by Gasteiger charge is 2.11. The highest BCUT2D eigenvalue weighted by atomic mass is 35.5. The zero-order valence-electron chi connectivity index (χ0n) is 12.8. The number of nitrogens with zero attached hydrogens (tertiary/aromatic N) is 5. The van der Waals surface area contributed by atoms with E-state index in [1.165, 1.54) is 6.33 Å². The van der Waals surface area contributed by atoms with Gasteiger partial charge in [0.25, 0.3) is 5.91 Å². The van der Waals surface area contributed by atoms with Gasteiger partial charge in [0.2, 0.25) is 5.95 Å². The number of nitrogens with one attached hydrogen (secondary N) is 1. The fraction of sp³-hybridized carbons (Fsp3) is 0. The molecule has 3 heterocycles. The van der Waals surface area contributed by atoms with E-state index in [-0.39, 0.29) is 11.9 Å². The van der Waals surface area contributed by atoms with Crippen molar-refractivity contribution < 1.29 is 4.79 Å². The average Bonchev–Trinajstić information content (AvgIpc) is 3.03. The van der Waals surface area contributed by atoms with Crippen LogP contribution in [0.2, 0.25) is 5.02 Å². The third-order valence-electron chi connectivity index (χ3n) is 3.54. The molecule has 0 aliphatic rings. The van der Waals surface area contributed by atoms with Gasteiger partial charge < -0.3 is 0 Å². The topological polar surface area (TPSA) is 85.1 Å². The van der Waals surface area contributed by atoms with Crippen LogP contribution < -0.4 is 5.32 Å². The summed E-state index contributed by atoms with van der Waals surface area (Å²) in [6.45, 7) is 0. The third kappa shape index (κ3) is 3.17. The molecule has 0 aliphatic heterocycles. The molecule has 1 aromatic carbocycles. The van der Waals surface area contributed by atoms with Crippen LogP contribution in [-0.2, 0) is 0 Å². The first-order chi connectivity index (χ1) is 12.2. The van der Waals surface area contributed by atoms with Crippen molar-refractivity contribution in [1.82, 2.24) is 24.6 Å². The van der Waals surface area contributed by atoms with Crippen molar-refractivity contribution in [3.8, 4) is 11.1 Å². The Balaban J connectivity index is 1.62. The molecule has 0 fully saturated rings. The molecule has 0 aliphatic carbocycles. The fourth-order valence-corrected chi connectivity index (χ4v) is 2.56. The predicted octanol–water partition coefficient (Wildman–Crippen LogP) is 3.09. The normalized spacial score (nSPS) is 10.8. The summed E-state index contributed by atoms with van der Waals surface area (Å²) in [6, 6.07) is 10.4. The van der Waals surface area contributed by atoms with E-state index >= 15 is 0 Å². The summed E-state index contributed by atoms with van der Waals surface area (Å²) >= 11 is 5.91. The second kappa shape index (κ2) is 6.29. The molecular formula is C17H11ClN6O. The van der Waals surface area contributed by atoms with E-state index < -0.39 is 0 Å². The van der Waals surface area contributed by atoms with Gasteiger partial charge in [-0.15, -0.1) is 5.10 Å². The molecule has 0 atom stereocenters. The number of hydrogen-bond acceptors (Lipinski definition) is 5. The molecule has 4 aromatic rings. The zero-order chi connectivity index (χ0) is 17.2. The number of carbonyl (C=O) groups is 1. The largest absolute Gasteiger partial charge is 0.289 e. The Morgan fingerprint density at radius 1 is 1.08 bits per heavy atom. The van der Waals surface area contributed by atoms with E-state index in [0.717, 1.165) is 11.1 Å². The lowest BCUT2D eigenvalue weighted by atomic mass is 10.1. The SMILES string of the molecule is O=C(Nc1nc2cc(-c3cncnc3)ccn2n1)c1cccc(Cl)c1. The van der Waals surface area contributed by atoms with Crippen molar-refractivity contribution in [2.24, 2.45) is 0 Å². The standard InChI is InChI=1S/C17H11ClN6O/c18-14-3-1-2-12(6-14)16(25)22-17-21-15-7-11(4-5-24(15)23-17)13-8-19-10-20-9-13/h1-10H,(H,22,23,25). The highest BCUT2D eigenvalue weighted by molar-refractivity contribution is 6.31. The first-order valence-corrected chi connectivity index (χ1v) is 7.75. The van der Waals surface area contributed by atoms with Gasteiger partial charge in [-0.2, -0.15) is 4.98 Å². The zero-order valence-corrected chi connectivity index (χ0v) is 13.6. The van der Waals surface area contributed by atoms with E-state index in [4.69, 9.17) is 11.6 Å². The van der Waals surface area contributed by atoms with Gasteiger partial charge in [-0.3, -0.25) is 10.1 Å². The molecule has 0 bridgehead atoms. The monoisotopic (exact) mass is 350 g/mol. The van der Waals surface area contributed by atoms with Gasteiger partial charge in [0.15, 0.2) is 5.65 Å². The van der Waals surface area contributed by atoms with E-state index in [1.807, 2.05) is 12.1 Å². The summed E-state index contributed by atoms with van der Waals surface area (Å²) in [7, 11) is 0. The lowest BCUT2D eigenvalue weighted by molar-refractivity contribution is 0.102. The van der Waals surface area contributed by atoms with Crippen molar-refractivity contribution in [1.29, 1.82) is 0 Å². The molecule has 3 aromatic heterocycles. The van der Waals surface area contributed by atoms with E-state index in [0.29, 0.717) is 16.2 Å². The molecule has 1 amide bonds. The molecule has 0 radical (unpaired) electrons. The van der Waals surface area contributed by atoms with Gasteiger partial charge in [-0.05, 0) is 35.9 Å². The van der Waals surface area contributed by atoms with Gasteiger partial charge in [0, 0.05) is 34.7 Å². The molecule has 0 unspecified atom stereocenters. The van der Waals surface area contributed by atoms with Gasteiger partial charge in [0.05, 0.1) is 0 Å². The summed E-state index contributed by atoms with van der Waals surface area (Å²) in [5.74, 6) is -0.110. The van der Waals surface area contributed by atoms with Crippen LogP contribution in [0.4, 0.5) is 5.95 Å². The molecule has 1 N–H and O–H groups in total. The Hall–Kier alpha value is -3.32. The highest BCUT2D eigenvalue weighted by Crippen LogP contribution is 2.19. The molecule has 0 spiro atoms. The number of pyridine rings is 1. The molecule has 0 saturated heterocycles. The van der Waals surface area contributed by atoms with Gasteiger partial charge in [-0.1, -0.05) is 17.7 Å². The Kier molecular flexibility index (Phi) is 3.83. The van der Waals surface area contributed by atoms with Crippen LogP contribution in [0.1, 0.15) is 10.4 Å². The van der Waals surface area contributed by atoms with Crippen molar-refractivity contribution in [3.05, 3.63) is 71.9 Å². The van der Waals surface area contributed by atoms with Crippen LogP contribution in [0.15, 0.2) is 61.3 Å². The maximum atomic E-state index is 12.3. The average molecular weight is 351 g/mol. The fourth-order valence-electron chi connectivity index (χ4n) is 2.37. The minimum atomic E-state index is -0.324. The maximum absolute atomic E-state index is 12.3. The van der Waals surface area contributed by atoms with Crippen LogP contribution in [0.25, 0.3) is 16.8 Å². The smallest absolute Gasteiger partial charge is 0.258 e. The van der Waals surface area contributed by atoms with Crippen molar-refractivity contribution in [2.45, 2.75) is 0 Å². The molecule has 25 heavy (non-hydrogen) atoms. The number of halogens is 1. The second-order valence-electron chi connectivity index (χ2n) is 5.25. The van der Waals surface area contributed by atoms with Gasteiger partial charge in [0.1, 0.15) is 6.33 Å². The number of fused-ring (bicyclic) bond motifs is 1. The summed E-state index contributed by atoms with van der Waals surface area (Å²) in [5, 5.41) is 7.40. The second-order valence-corrected chi connectivity index (χ2v) is 5.68. The number of anilines is 1. The molecule has 7 nitrogen and oxygen atoms in total. The summed E-state index contributed by atoms with van der Waals surface area (Å²) in [4.78, 5) is 24.6. The number of rotatable bonds is 3. The molecule has 0 saturated carbocycles. The lowest BCUT2D eigenvalue weighted by Gasteiger charge is -2.00. The molecular weight excluding hydrogens is 340 g/mol. The molecule has 4 rings (SSSR count). The van der Waals surface area contributed by atoms with Crippen LogP contribution in [0.3, 0.4) is 0 Å². The number of amides is 1. The van der Waals surface area contributed by atoms with Crippen LogP contribution in [0.5, 0.6) is 0 Å². The maximum Gasteiger partial charge on any atom is 0.258 e. The molecule has 8 heteroatoms. The minimum absolute atomic E-state index is 0.214. The van der Waals surface area contributed by atoms with Crippen molar-refractivity contribution in [3.63, 3.8) is 0 Å². The van der Waals surface area contributed by atoms with E-state index in [2.05, 4.69) is 25.4 Å². The quantitative estimate of drug-likeness (QED) is 0.613. The number of aromatic nitrogens is 5. The minimum Gasteiger partial charge on any atom is -0.289 e. The van der Waals surface area contributed by atoms with Crippen LogP contribution in [-0.4, -0.2) is 30.5 Å². The van der Waals surface area contributed by atoms with E-state index in [9.17, 15) is 4.79 Å². The van der Waals surface area contributed by atoms with Gasteiger partial charge >= 0.3 is 0 Å². The molecule has 122 valence electrons. The summed E-state index contributed by atoms with van der Waals surface area (Å²) in [6.07, 6.45) is 6.68. The Morgan fingerprint density at radius 2 is 1.92 bits per heavy atom. The lowest BCUT2D eigenvalue weighted by Crippen LogP contribution is -2.12. The van der Waals surface area contributed by atoms with Crippen molar-refractivity contribution in [2.75, 3.05) is 5.32 Å². The van der Waals surface area contributed by atoms with Crippen molar-refractivity contribution >= 4 is 29.1 Å². The van der Waals surface area contributed by atoms with Crippen LogP contribution >= 0.6 is 11.6 Å². The predicted molar refractivity (Wildman–Crippen MR) is 93.4 cm³/mol. The van der Waals surface area contributed by atoms with Gasteiger partial charge in [-0.25, -0.2) is 14.5 Å². The number of carbonyl (C=O) groups excluding carboxylic acids is 1. The summed E-state index contributed by atoms with van der Waals surface area (Å²) in [5.41, 5.74) is 2.82. The van der Waals surface area contributed by atoms with E-state index in [1.54, 1.807) is 47.4 Å². The Bertz CT molecular complexity index is 1060. The number of hydrogen-bond donors (Lipinski definition) is 1.